The fraction of sp³-hybridized carbons (Fsp3) is 0.875. The number of Topliss-reactive ketones (excluding diaryl/α,β-unsaturated/α-hetero) is 1. The fourth-order valence-corrected chi connectivity index (χ4v) is 4.16. The Labute approximate surface area is 115 Å². The van der Waals surface area contributed by atoms with Gasteiger partial charge < -0.3 is 4.90 Å². The molecular weight excluding hydrogens is 238 g/mol. The SMILES string of the molecule is CC(=O)CC1CCCCCN1C(=O)C1CC2CC2C1. The molecule has 3 heteroatoms. The highest BCUT2D eigenvalue weighted by Crippen LogP contribution is 2.54. The van der Waals surface area contributed by atoms with E-state index >= 15 is 0 Å². The monoisotopic (exact) mass is 263 g/mol. The maximum Gasteiger partial charge on any atom is 0.225 e. The van der Waals surface area contributed by atoms with Gasteiger partial charge in [0.15, 0.2) is 0 Å². The second-order valence-electron chi connectivity index (χ2n) is 6.87. The zero-order valence-corrected chi connectivity index (χ0v) is 11.9. The lowest BCUT2D eigenvalue weighted by atomic mass is 9.98. The number of fused-ring (bicyclic) bond motifs is 1. The summed E-state index contributed by atoms with van der Waals surface area (Å²) < 4.78 is 0. The van der Waals surface area contributed by atoms with Gasteiger partial charge in [-0.05, 0) is 50.9 Å². The van der Waals surface area contributed by atoms with Crippen LogP contribution in [0, 0.1) is 17.8 Å². The van der Waals surface area contributed by atoms with Crippen molar-refractivity contribution in [2.75, 3.05) is 6.54 Å². The zero-order valence-electron chi connectivity index (χ0n) is 11.9. The molecule has 0 aromatic carbocycles. The maximum atomic E-state index is 12.7. The Kier molecular flexibility index (Phi) is 3.64. The quantitative estimate of drug-likeness (QED) is 0.785. The van der Waals surface area contributed by atoms with Crippen molar-refractivity contribution in [1.29, 1.82) is 0 Å². The van der Waals surface area contributed by atoms with Gasteiger partial charge in [0.2, 0.25) is 5.91 Å². The molecule has 3 fully saturated rings. The normalized spacial score (nSPS) is 37.6. The van der Waals surface area contributed by atoms with Crippen LogP contribution in [0.4, 0.5) is 0 Å². The van der Waals surface area contributed by atoms with Crippen LogP contribution in [0.1, 0.15) is 58.3 Å². The molecule has 3 atom stereocenters. The van der Waals surface area contributed by atoms with Crippen molar-refractivity contribution >= 4 is 11.7 Å². The van der Waals surface area contributed by atoms with Crippen molar-refractivity contribution in [2.45, 2.75) is 64.3 Å². The highest BCUT2D eigenvalue weighted by molar-refractivity contribution is 5.81. The molecule has 2 saturated carbocycles. The van der Waals surface area contributed by atoms with E-state index < -0.39 is 0 Å². The number of ketones is 1. The predicted octanol–water partition coefficient (Wildman–Crippen LogP) is 2.78. The number of rotatable bonds is 3. The molecule has 3 nitrogen and oxygen atoms in total. The first-order valence-corrected chi connectivity index (χ1v) is 7.95. The van der Waals surface area contributed by atoms with E-state index in [4.69, 9.17) is 0 Å². The third-order valence-electron chi connectivity index (χ3n) is 5.28. The van der Waals surface area contributed by atoms with Crippen LogP contribution in [0.3, 0.4) is 0 Å². The second-order valence-corrected chi connectivity index (χ2v) is 6.87. The molecule has 0 aromatic rings. The molecule has 3 aliphatic rings. The molecule has 19 heavy (non-hydrogen) atoms. The number of hydrogen-bond donors (Lipinski definition) is 0. The predicted molar refractivity (Wildman–Crippen MR) is 73.6 cm³/mol. The van der Waals surface area contributed by atoms with Crippen LogP contribution in [0.2, 0.25) is 0 Å². The Balaban J connectivity index is 1.66. The molecule has 0 bridgehead atoms. The van der Waals surface area contributed by atoms with E-state index in [-0.39, 0.29) is 17.7 Å². The maximum absolute atomic E-state index is 12.7. The summed E-state index contributed by atoms with van der Waals surface area (Å²) in [6.07, 6.45) is 8.65. The number of amides is 1. The second kappa shape index (κ2) is 5.26. The first-order chi connectivity index (χ1) is 9.15. The Morgan fingerprint density at radius 1 is 1.05 bits per heavy atom. The van der Waals surface area contributed by atoms with Crippen LogP contribution in [0.15, 0.2) is 0 Å². The number of nitrogens with zero attached hydrogens (tertiary/aromatic N) is 1. The van der Waals surface area contributed by atoms with Gasteiger partial charge in [-0.15, -0.1) is 0 Å². The smallest absolute Gasteiger partial charge is 0.225 e. The van der Waals surface area contributed by atoms with Crippen LogP contribution in [0.25, 0.3) is 0 Å². The Hall–Kier alpha value is -0.860. The molecule has 1 amide bonds. The van der Waals surface area contributed by atoms with Gasteiger partial charge >= 0.3 is 0 Å². The van der Waals surface area contributed by atoms with E-state index in [1.807, 2.05) is 0 Å². The van der Waals surface area contributed by atoms with Crippen molar-refractivity contribution in [3.63, 3.8) is 0 Å². The van der Waals surface area contributed by atoms with E-state index in [1.54, 1.807) is 6.92 Å². The lowest BCUT2D eigenvalue weighted by Crippen LogP contribution is -2.44. The lowest BCUT2D eigenvalue weighted by Gasteiger charge is -2.32. The van der Waals surface area contributed by atoms with E-state index in [9.17, 15) is 9.59 Å². The van der Waals surface area contributed by atoms with E-state index in [1.165, 1.54) is 12.8 Å². The zero-order chi connectivity index (χ0) is 13.4. The average molecular weight is 263 g/mol. The van der Waals surface area contributed by atoms with Crippen LogP contribution in [-0.2, 0) is 9.59 Å². The van der Waals surface area contributed by atoms with Gasteiger partial charge in [0.05, 0.1) is 0 Å². The number of likely N-dealkylation sites (tertiary alicyclic amines) is 1. The van der Waals surface area contributed by atoms with E-state index in [0.29, 0.717) is 12.3 Å². The van der Waals surface area contributed by atoms with Gasteiger partial charge in [-0.25, -0.2) is 0 Å². The van der Waals surface area contributed by atoms with E-state index in [0.717, 1.165) is 50.5 Å². The minimum atomic E-state index is 0.185. The van der Waals surface area contributed by atoms with Gasteiger partial charge in [0.1, 0.15) is 5.78 Å². The molecule has 0 N–H and O–H groups in total. The molecular formula is C16H25NO2. The summed E-state index contributed by atoms with van der Waals surface area (Å²) >= 11 is 0. The molecule has 0 radical (unpaired) electrons. The highest BCUT2D eigenvalue weighted by atomic mass is 16.2. The molecule has 1 aliphatic heterocycles. The number of carbonyl (C=O) groups excluding carboxylic acids is 2. The van der Waals surface area contributed by atoms with Crippen LogP contribution < -0.4 is 0 Å². The van der Waals surface area contributed by atoms with Gasteiger partial charge in [0, 0.05) is 24.9 Å². The molecule has 3 unspecified atom stereocenters. The van der Waals surface area contributed by atoms with Crippen LogP contribution in [0.5, 0.6) is 0 Å². The van der Waals surface area contributed by atoms with Crippen LogP contribution >= 0.6 is 0 Å². The summed E-state index contributed by atoms with van der Waals surface area (Å²) in [5.41, 5.74) is 0. The third kappa shape index (κ3) is 2.85. The van der Waals surface area contributed by atoms with Gasteiger partial charge in [-0.3, -0.25) is 9.59 Å². The number of carbonyl (C=O) groups is 2. The summed E-state index contributed by atoms with van der Waals surface area (Å²) in [6, 6.07) is 0.185. The summed E-state index contributed by atoms with van der Waals surface area (Å²) in [5.74, 6) is 2.56. The number of hydrogen-bond acceptors (Lipinski definition) is 2. The lowest BCUT2D eigenvalue weighted by molar-refractivity contribution is -0.138. The first kappa shape index (κ1) is 13.1. The standard InChI is InChI=1S/C16H25NO2/c1-11(18)7-15-5-3-2-4-6-17(15)16(19)14-9-12-8-13(12)10-14/h12-15H,2-10H2,1H3. The first-order valence-electron chi connectivity index (χ1n) is 7.95. The molecule has 0 aromatic heterocycles. The van der Waals surface area contributed by atoms with Gasteiger partial charge in [-0.2, -0.15) is 0 Å². The van der Waals surface area contributed by atoms with Crippen molar-refractivity contribution in [2.24, 2.45) is 17.8 Å². The Morgan fingerprint density at radius 3 is 2.47 bits per heavy atom. The fourth-order valence-electron chi connectivity index (χ4n) is 4.16. The van der Waals surface area contributed by atoms with Crippen LogP contribution in [-0.4, -0.2) is 29.2 Å². The Morgan fingerprint density at radius 2 is 1.79 bits per heavy atom. The van der Waals surface area contributed by atoms with Crippen molar-refractivity contribution < 1.29 is 9.59 Å². The minimum absolute atomic E-state index is 0.185. The minimum Gasteiger partial charge on any atom is -0.339 e. The van der Waals surface area contributed by atoms with E-state index in [2.05, 4.69) is 4.90 Å². The van der Waals surface area contributed by atoms with Gasteiger partial charge in [0.25, 0.3) is 0 Å². The molecule has 3 rings (SSSR count). The molecule has 0 spiro atoms. The molecule has 106 valence electrons. The topological polar surface area (TPSA) is 37.4 Å². The van der Waals surface area contributed by atoms with Crippen molar-refractivity contribution in [3.05, 3.63) is 0 Å². The van der Waals surface area contributed by atoms with Gasteiger partial charge in [-0.1, -0.05) is 12.8 Å². The molecule has 2 aliphatic carbocycles. The Bertz CT molecular complexity index is 369. The molecule has 1 saturated heterocycles. The summed E-state index contributed by atoms with van der Waals surface area (Å²) in [4.78, 5) is 26.2. The third-order valence-corrected chi connectivity index (χ3v) is 5.28. The summed E-state index contributed by atoms with van der Waals surface area (Å²) in [5, 5.41) is 0. The van der Waals surface area contributed by atoms with Crippen molar-refractivity contribution in [1.82, 2.24) is 4.90 Å². The molecule has 1 heterocycles. The largest absolute Gasteiger partial charge is 0.339 e. The summed E-state index contributed by atoms with van der Waals surface area (Å²) in [7, 11) is 0. The highest BCUT2D eigenvalue weighted by Gasteiger charge is 2.49. The average Bonchev–Trinajstić information content (AvgIpc) is 3.05. The summed E-state index contributed by atoms with van der Waals surface area (Å²) in [6.45, 7) is 2.53. The van der Waals surface area contributed by atoms with Crippen molar-refractivity contribution in [3.8, 4) is 0 Å².